The SMILES string of the molecule is CC(=O)Cn1c(=O)n([C@H]2C[C@H]3CCC[C@@H](C2)N3C2C[C@H]3CCC[C@@H](C2)C3)c(=O)c2ccccc21. The molecule has 1 unspecified atom stereocenters. The smallest absolute Gasteiger partial charge is 0.298 e. The number of aromatic nitrogens is 2. The van der Waals surface area contributed by atoms with Crippen LogP contribution >= 0.6 is 0 Å². The Hall–Kier alpha value is -2.21. The van der Waals surface area contributed by atoms with Crippen LogP contribution in [0.5, 0.6) is 0 Å². The Bertz CT molecular complexity index is 1190. The number of ketones is 1. The van der Waals surface area contributed by atoms with Gasteiger partial charge in [0.05, 0.1) is 17.4 Å². The lowest BCUT2D eigenvalue weighted by molar-refractivity contribution is -0.117. The predicted molar refractivity (Wildman–Crippen MR) is 133 cm³/mol. The molecule has 6 heteroatoms. The third-order valence-electron chi connectivity index (χ3n) is 9.36. The second-order valence-electron chi connectivity index (χ2n) is 11.6. The van der Waals surface area contributed by atoms with Crippen molar-refractivity contribution in [1.29, 1.82) is 0 Å². The van der Waals surface area contributed by atoms with E-state index in [1.54, 1.807) is 12.1 Å². The Labute approximate surface area is 200 Å². The quantitative estimate of drug-likeness (QED) is 0.679. The van der Waals surface area contributed by atoms with Crippen molar-refractivity contribution in [1.82, 2.24) is 14.0 Å². The van der Waals surface area contributed by atoms with Gasteiger partial charge in [-0.1, -0.05) is 37.8 Å². The Morgan fingerprint density at radius 3 is 2.15 bits per heavy atom. The average Bonchev–Trinajstić information content (AvgIpc) is 2.81. The van der Waals surface area contributed by atoms with Crippen LogP contribution in [-0.2, 0) is 11.3 Å². The molecule has 6 nitrogen and oxygen atoms in total. The minimum absolute atomic E-state index is 0.0101. The van der Waals surface area contributed by atoms with Crippen LogP contribution in [0.15, 0.2) is 33.9 Å². The van der Waals surface area contributed by atoms with Gasteiger partial charge in [0.15, 0.2) is 0 Å². The number of hydrogen-bond acceptors (Lipinski definition) is 4. The first-order valence-electron chi connectivity index (χ1n) is 13.5. The molecule has 0 N–H and O–H groups in total. The highest BCUT2D eigenvalue weighted by molar-refractivity contribution is 5.81. The van der Waals surface area contributed by atoms with Crippen LogP contribution in [0, 0.1) is 11.8 Å². The van der Waals surface area contributed by atoms with E-state index in [2.05, 4.69) is 4.90 Å². The summed E-state index contributed by atoms with van der Waals surface area (Å²) in [4.78, 5) is 42.0. The van der Waals surface area contributed by atoms with Crippen molar-refractivity contribution in [3.05, 3.63) is 45.1 Å². The third kappa shape index (κ3) is 3.78. The maximum Gasteiger partial charge on any atom is 0.332 e. The van der Waals surface area contributed by atoms with E-state index < -0.39 is 0 Å². The molecular weight excluding hydrogens is 426 g/mol. The Morgan fingerprint density at radius 2 is 1.47 bits per heavy atom. The van der Waals surface area contributed by atoms with Crippen molar-refractivity contribution in [2.24, 2.45) is 11.8 Å². The first-order valence-corrected chi connectivity index (χ1v) is 13.5. The highest BCUT2D eigenvalue weighted by Gasteiger charge is 2.45. The number of nitrogens with zero attached hydrogens (tertiary/aromatic N) is 3. The Morgan fingerprint density at radius 1 is 0.824 bits per heavy atom. The molecule has 6 atom stereocenters. The first kappa shape index (κ1) is 22.3. The highest BCUT2D eigenvalue weighted by atomic mass is 16.2. The van der Waals surface area contributed by atoms with Gasteiger partial charge in [0.25, 0.3) is 5.56 Å². The second kappa shape index (κ2) is 8.78. The van der Waals surface area contributed by atoms with E-state index >= 15 is 0 Å². The van der Waals surface area contributed by atoms with Crippen LogP contribution in [0.25, 0.3) is 10.9 Å². The molecule has 2 saturated carbocycles. The molecule has 2 aliphatic carbocycles. The molecule has 2 saturated heterocycles. The van der Waals surface area contributed by atoms with Gasteiger partial charge < -0.3 is 0 Å². The lowest BCUT2D eigenvalue weighted by atomic mass is 9.68. The van der Waals surface area contributed by atoms with Crippen molar-refractivity contribution in [3.8, 4) is 0 Å². The van der Waals surface area contributed by atoms with Gasteiger partial charge in [0.2, 0.25) is 0 Å². The van der Waals surface area contributed by atoms with Crippen molar-refractivity contribution < 1.29 is 4.79 Å². The molecule has 6 rings (SSSR count). The number of carbonyl (C=O) groups excluding carboxylic acids is 1. The molecule has 2 aliphatic heterocycles. The maximum atomic E-state index is 13.6. The first-order chi connectivity index (χ1) is 16.5. The van der Waals surface area contributed by atoms with Gasteiger partial charge in [-0.15, -0.1) is 0 Å². The lowest BCUT2D eigenvalue weighted by Gasteiger charge is -2.55. The van der Waals surface area contributed by atoms with Crippen LogP contribution in [0.4, 0.5) is 0 Å². The number of piperidine rings is 2. The predicted octanol–water partition coefficient (Wildman–Crippen LogP) is 4.28. The minimum Gasteiger partial charge on any atom is -0.298 e. The van der Waals surface area contributed by atoms with Gasteiger partial charge in [-0.25, -0.2) is 4.79 Å². The van der Waals surface area contributed by atoms with Gasteiger partial charge in [-0.2, -0.15) is 0 Å². The number of fused-ring (bicyclic) bond motifs is 5. The summed E-state index contributed by atoms with van der Waals surface area (Å²) in [6.07, 6.45) is 13.7. The number of para-hydroxylation sites is 1. The molecular formula is C28H37N3O3. The summed E-state index contributed by atoms with van der Waals surface area (Å²) >= 11 is 0. The van der Waals surface area contributed by atoms with Crippen molar-refractivity contribution in [2.75, 3.05) is 0 Å². The summed E-state index contributed by atoms with van der Waals surface area (Å²) in [5, 5.41) is 0.538. The van der Waals surface area contributed by atoms with E-state index in [1.165, 1.54) is 73.8 Å². The zero-order chi connectivity index (χ0) is 23.4. The van der Waals surface area contributed by atoms with Crippen molar-refractivity contribution in [2.45, 2.75) is 108 Å². The summed E-state index contributed by atoms with van der Waals surface area (Å²) < 4.78 is 3.03. The normalized spacial score (nSPS) is 33.7. The van der Waals surface area contributed by atoms with Crippen LogP contribution < -0.4 is 11.2 Å². The Kier molecular flexibility index (Phi) is 5.75. The van der Waals surface area contributed by atoms with Crippen LogP contribution in [0.1, 0.15) is 83.6 Å². The molecule has 182 valence electrons. The number of rotatable bonds is 4. The van der Waals surface area contributed by atoms with Crippen molar-refractivity contribution in [3.63, 3.8) is 0 Å². The molecule has 0 amide bonds. The molecule has 4 fully saturated rings. The fraction of sp³-hybridized carbons (Fsp3) is 0.679. The standard InChI is InChI=1S/C28H37N3O3/c1-18(32)17-29-26-11-3-2-10-25(26)27(33)31(28(29)34)24-15-21-8-5-9-22(16-24)30(21)23-13-19-6-4-7-20(12-19)14-23/h2-3,10-11,19-24H,4-9,12-17H2,1H3/t19-,20+,21-,22+,23?,24+. The number of carbonyl (C=O) groups is 1. The van der Waals surface area contributed by atoms with Crippen LogP contribution in [0.2, 0.25) is 0 Å². The molecule has 4 aliphatic rings. The van der Waals surface area contributed by atoms with Gasteiger partial charge in [-0.05, 0) is 75.8 Å². The fourth-order valence-corrected chi connectivity index (χ4v) is 8.17. The van der Waals surface area contributed by atoms with Crippen molar-refractivity contribution >= 4 is 16.7 Å². The zero-order valence-corrected chi connectivity index (χ0v) is 20.3. The van der Waals surface area contributed by atoms with Crippen LogP contribution in [-0.4, -0.2) is 37.9 Å². The van der Waals surface area contributed by atoms with E-state index in [4.69, 9.17) is 0 Å². The molecule has 1 aromatic heterocycles. The summed E-state index contributed by atoms with van der Waals surface area (Å²) in [5.41, 5.74) is 0.0575. The molecule has 4 bridgehead atoms. The van der Waals surface area contributed by atoms with E-state index in [0.29, 0.717) is 29.0 Å². The maximum absolute atomic E-state index is 13.6. The molecule has 0 spiro atoms. The van der Waals surface area contributed by atoms with E-state index in [9.17, 15) is 14.4 Å². The summed E-state index contributed by atoms with van der Waals surface area (Å²) in [6, 6.07) is 8.75. The zero-order valence-electron chi connectivity index (χ0n) is 20.3. The molecule has 0 radical (unpaired) electrons. The molecule has 1 aromatic carbocycles. The monoisotopic (exact) mass is 463 g/mol. The molecule has 2 aromatic rings. The van der Waals surface area contributed by atoms with E-state index in [1.807, 2.05) is 12.1 Å². The fourth-order valence-electron chi connectivity index (χ4n) is 8.17. The van der Waals surface area contributed by atoms with Gasteiger partial charge in [0.1, 0.15) is 5.78 Å². The van der Waals surface area contributed by atoms with E-state index in [-0.39, 0.29) is 29.6 Å². The second-order valence-corrected chi connectivity index (χ2v) is 11.6. The topological polar surface area (TPSA) is 64.3 Å². The Balaban J connectivity index is 1.35. The van der Waals surface area contributed by atoms with Gasteiger partial charge in [0, 0.05) is 24.2 Å². The summed E-state index contributed by atoms with van der Waals surface area (Å²) in [7, 11) is 0. The van der Waals surface area contributed by atoms with Crippen LogP contribution in [0.3, 0.4) is 0 Å². The highest BCUT2D eigenvalue weighted by Crippen LogP contribution is 2.47. The summed E-state index contributed by atoms with van der Waals surface area (Å²) in [5.74, 6) is 1.72. The van der Waals surface area contributed by atoms with E-state index in [0.717, 1.165) is 24.7 Å². The number of hydrogen-bond donors (Lipinski definition) is 0. The third-order valence-corrected chi connectivity index (χ3v) is 9.36. The average molecular weight is 464 g/mol. The summed E-state index contributed by atoms with van der Waals surface area (Å²) in [6.45, 7) is 1.51. The number of Topliss-reactive ketones (excluding diaryl/α,β-unsaturated/α-hetero) is 1. The lowest BCUT2D eigenvalue weighted by Crippen LogP contribution is -2.59. The minimum atomic E-state index is -0.317. The number of benzene rings is 1. The molecule has 34 heavy (non-hydrogen) atoms. The van der Waals surface area contributed by atoms with Gasteiger partial charge >= 0.3 is 5.69 Å². The van der Waals surface area contributed by atoms with Gasteiger partial charge in [-0.3, -0.25) is 23.6 Å². The largest absolute Gasteiger partial charge is 0.332 e. The molecule has 3 heterocycles.